The molecule has 1 unspecified atom stereocenters. The van der Waals surface area contributed by atoms with Gasteiger partial charge in [-0.3, -0.25) is 4.90 Å². The molecule has 5 rings (SSSR count). The van der Waals surface area contributed by atoms with Gasteiger partial charge < -0.3 is 16.2 Å². The van der Waals surface area contributed by atoms with Crippen LogP contribution in [0.25, 0.3) is 32.5 Å². The third-order valence-corrected chi connectivity index (χ3v) is 6.89. The van der Waals surface area contributed by atoms with E-state index in [-0.39, 0.29) is 5.82 Å². The smallest absolute Gasteiger partial charge is 0.170 e. The fourth-order valence-electron chi connectivity index (χ4n) is 4.06. The highest BCUT2D eigenvalue weighted by molar-refractivity contribution is 7.17. The normalized spacial score (nSPS) is 15.3. The average Bonchev–Trinajstić information content (AvgIpc) is 3.23. The van der Waals surface area contributed by atoms with Gasteiger partial charge in [-0.25, -0.2) is 9.97 Å². The van der Waals surface area contributed by atoms with E-state index in [2.05, 4.69) is 26.6 Å². The molecule has 1 saturated heterocycles. The fraction of sp³-hybridized carbons (Fsp3) is 0.240. The number of hydrogen-bond acceptors (Lipinski definition) is 10. The predicted octanol–water partition coefficient (Wildman–Crippen LogP) is 3.07. The van der Waals surface area contributed by atoms with Crippen molar-refractivity contribution < 1.29 is 5.11 Å². The van der Waals surface area contributed by atoms with Crippen LogP contribution in [0, 0.1) is 11.3 Å². The van der Waals surface area contributed by atoms with Crippen molar-refractivity contribution in [3.8, 4) is 38.6 Å². The minimum atomic E-state index is -0.776. The Balaban J connectivity index is 1.46. The van der Waals surface area contributed by atoms with E-state index >= 15 is 0 Å². The number of nitriles is 1. The van der Waals surface area contributed by atoms with E-state index in [1.807, 2.05) is 41.3 Å². The van der Waals surface area contributed by atoms with E-state index in [0.717, 1.165) is 43.2 Å². The van der Waals surface area contributed by atoms with Gasteiger partial charge in [-0.15, -0.1) is 10.2 Å². The maximum atomic E-state index is 10.9. The van der Waals surface area contributed by atoms with Gasteiger partial charge in [0.15, 0.2) is 10.8 Å². The summed E-state index contributed by atoms with van der Waals surface area (Å²) >= 11 is 1.38. The molecule has 0 spiro atoms. The summed E-state index contributed by atoms with van der Waals surface area (Å²) in [5.41, 5.74) is 9.71. The quantitative estimate of drug-likeness (QED) is 0.390. The number of hydrogen-bond donors (Lipinski definition) is 3. The molecule has 10 heteroatoms. The third-order valence-electron chi connectivity index (χ3n) is 5.91. The van der Waals surface area contributed by atoms with Crippen LogP contribution >= 0.6 is 11.3 Å². The minimum Gasteiger partial charge on any atom is -0.382 e. The zero-order valence-corrected chi connectivity index (χ0v) is 19.7. The highest BCUT2D eigenvalue weighted by Gasteiger charge is 2.21. The Morgan fingerprint density at radius 3 is 2.74 bits per heavy atom. The van der Waals surface area contributed by atoms with Gasteiger partial charge in [0.1, 0.15) is 16.9 Å². The maximum Gasteiger partial charge on any atom is 0.170 e. The van der Waals surface area contributed by atoms with E-state index in [9.17, 15) is 10.4 Å². The second-order valence-electron chi connectivity index (χ2n) is 8.20. The second kappa shape index (κ2) is 10.2. The highest BCUT2D eigenvalue weighted by atomic mass is 32.1. The van der Waals surface area contributed by atoms with Crippen molar-refractivity contribution >= 4 is 17.2 Å². The van der Waals surface area contributed by atoms with Gasteiger partial charge in [-0.1, -0.05) is 53.8 Å². The SMILES string of the molecule is N#Cc1cc(C(O)N2CCCNCC2)ccc1-c1cnc(N)c(-c2nnc(-c3ccccc3)s2)n1. The van der Waals surface area contributed by atoms with Crippen LogP contribution in [-0.4, -0.2) is 56.4 Å². The van der Waals surface area contributed by atoms with Gasteiger partial charge >= 0.3 is 0 Å². The third kappa shape index (κ3) is 4.89. The Kier molecular flexibility index (Phi) is 6.74. The van der Waals surface area contributed by atoms with E-state index in [4.69, 9.17) is 10.7 Å². The summed E-state index contributed by atoms with van der Waals surface area (Å²) in [5, 5.41) is 34.0. The van der Waals surface area contributed by atoms with Gasteiger partial charge in [0, 0.05) is 30.8 Å². The number of nitrogens with zero attached hydrogens (tertiary/aromatic N) is 6. The Bertz CT molecular complexity index is 1360. The molecule has 1 fully saturated rings. The highest BCUT2D eigenvalue weighted by Crippen LogP contribution is 2.33. The maximum absolute atomic E-state index is 10.9. The van der Waals surface area contributed by atoms with Crippen molar-refractivity contribution in [1.82, 2.24) is 30.4 Å². The van der Waals surface area contributed by atoms with Gasteiger partial charge in [0.2, 0.25) is 0 Å². The molecule has 4 aromatic rings. The lowest BCUT2D eigenvalue weighted by Crippen LogP contribution is -2.32. The van der Waals surface area contributed by atoms with E-state index < -0.39 is 6.23 Å². The van der Waals surface area contributed by atoms with Crippen LogP contribution in [0.2, 0.25) is 0 Å². The number of benzene rings is 2. The lowest BCUT2D eigenvalue weighted by molar-refractivity contribution is 0.00620. The Hall–Kier alpha value is -3.75. The van der Waals surface area contributed by atoms with Crippen LogP contribution in [0.15, 0.2) is 54.7 Å². The lowest BCUT2D eigenvalue weighted by atomic mass is 10.0. The molecular formula is C25H24N8OS. The topological polar surface area (TPSA) is 137 Å². The molecule has 0 saturated carbocycles. The molecule has 1 aliphatic heterocycles. The summed E-state index contributed by atoms with van der Waals surface area (Å²) < 4.78 is 0. The monoisotopic (exact) mass is 484 g/mol. The molecule has 0 amide bonds. The largest absolute Gasteiger partial charge is 0.382 e. The van der Waals surface area contributed by atoms with E-state index in [1.165, 1.54) is 11.3 Å². The van der Waals surface area contributed by atoms with Crippen molar-refractivity contribution in [2.45, 2.75) is 12.6 Å². The summed E-state index contributed by atoms with van der Waals surface area (Å²) in [5.74, 6) is 0.241. The molecule has 0 bridgehead atoms. The summed E-state index contributed by atoms with van der Waals surface area (Å²) in [6, 6.07) is 17.3. The Morgan fingerprint density at radius 1 is 1.09 bits per heavy atom. The number of aromatic nitrogens is 4. The molecule has 176 valence electrons. The number of rotatable bonds is 5. The molecule has 0 radical (unpaired) electrons. The van der Waals surface area contributed by atoms with Crippen molar-refractivity contribution in [3.63, 3.8) is 0 Å². The van der Waals surface area contributed by atoms with Crippen molar-refractivity contribution in [2.75, 3.05) is 31.9 Å². The van der Waals surface area contributed by atoms with Crippen LogP contribution in [0.5, 0.6) is 0 Å². The number of nitrogen functional groups attached to an aromatic ring is 1. The first-order chi connectivity index (χ1) is 17.1. The number of nitrogens with one attached hydrogen (secondary N) is 1. The first-order valence-electron chi connectivity index (χ1n) is 11.3. The molecule has 35 heavy (non-hydrogen) atoms. The number of nitrogens with two attached hydrogens (primary N) is 1. The average molecular weight is 485 g/mol. The van der Waals surface area contributed by atoms with Crippen LogP contribution < -0.4 is 11.1 Å². The molecule has 1 aliphatic rings. The van der Waals surface area contributed by atoms with Gasteiger partial charge in [0.05, 0.1) is 23.5 Å². The predicted molar refractivity (Wildman–Crippen MR) is 135 cm³/mol. The molecule has 2 aromatic heterocycles. The minimum absolute atomic E-state index is 0.241. The molecular weight excluding hydrogens is 460 g/mol. The first kappa shape index (κ1) is 23.0. The lowest BCUT2D eigenvalue weighted by Gasteiger charge is -2.26. The van der Waals surface area contributed by atoms with Crippen molar-refractivity contribution in [1.29, 1.82) is 5.26 Å². The van der Waals surface area contributed by atoms with E-state index in [1.54, 1.807) is 18.3 Å². The van der Waals surface area contributed by atoms with Crippen LogP contribution in [0.4, 0.5) is 5.82 Å². The zero-order valence-electron chi connectivity index (χ0n) is 18.9. The molecule has 4 N–H and O–H groups in total. The molecule has 9 nitrogen and oxygen atoms in total. The first-order valence-corrected chi connectivity index (χ1v) is 12.1. The van der Waals surface area contributed by atoms with E-state index in [0.29, 0.717) is 33.1 Å². The van der Waals surface area contributed by atoms with Crippen molar-refractivity contribution in [3.05, 3.63) is 65.9 Å². The van der Waals surface area contributed by atoms with Crippen molar-refractivity contribution in [2.24, 2.45) is 0 Å². The molecule has 2 aromatic carbocycles. The summed E-state index contributed by atoms with van der Waals surface area (Å²) in [7, 11) is 0. The fourth-order valence-corrected chi connectivity index (χ4v) is 4.91. The van der Waals surface area contributed by atoms with Gasteiger partial charge in [-0.2, -0.15) is 5.26 Å². The van der Waals surface area contributed by atoms with Crippen LogP contribution in [-0.2, 0) is 0 Å². The number of aliphatic hydroxyl groups excluding tert-OH is 1. The Labute approximate surface area is 206 Å². The second-order valence-corrected chi connectivity index (χ2v) is 9.18. The van der Waals surface area contributed by atoms with Gasteiger partial charge in [-0.05, 0) is 24.6 Å². The zero-order chi connectivity index (χ0) is 24.2. The molecule has 1 atom stereocenters. The summed E-state index contributed by atoms with van der Waals surface area (Å²) in [4.78, 5) is 11.0. The van der Waals surface area contributed by atoms with Crippen LogP contribution in [0.1, 0.15) is 23.8 Å². The van der Waals surface area contributed by atoms with Crippen LogP contribution in [0.3, 0.4) is 0 Å². The molecule has 0 aliphatic carbocycles. The molecule has 3 heterocycles. The number of anilines is 1. The Morgan fingerprint density at radius 2 is 1.91 bits per heavy atom. The standard InChI is InChI=1S/C25H24N8OS/c26-14-18-13-17(25(34)33-11-4-9-28-10-12-33)7-8-19(18)20-15-29-22(27)21(30-20)24-32-31-23(35-24)16-5-2-1-3-6-16/h1-3,5-8,13,15,25,28,34H,4,9-12H2,(H2,27,29). The number of aliphatic hydroxyl groups is 1. The van der Waals surface area contributed by atoms with Gasteiger partial charge in [0.25, 0.3) is 0 Å². The summed E-state index contributed by atoms with van der Waals surface area (Å²) in [6.07, 6.45) is 1.73. The summed E-state index contributed by atoms with van der Waals surface area (Å²) in [6.45, 7) is 3.29.